The molecule has 2 N–H and O–H groups in total. The molecule has 3 rings (SSSR count). The number of aryl methyl sites for hydroxylation is 1. The van der Waals surface area contributed by atoms with E-state index in [1.807, 2.05) is 11.9 Å². The van der Waals surface area contributed by atoms with Gasteiger partial charge in [0.05, 0.1) is 0 Å². The number of anilines is 1. The first-order chi connectivity index (χ1) is 11.1. The van der Waals surface area contributed by atoms with Crippen molar-refractivity contribution in [3.05, 3.63) is 42.2 Å². The molecule has 1 aliphatic rings. The average molecular weight is 445 g/mol. The van der Waals surface area contributed by atoms with Crippen LogP contribution in [0.1, 0.15) is 5.82 Å². The van der Waals surface area contributed by atoms with Gasteiger partial charge in [0.25, 0.3) is 0 Å². The molecule has 9 heteroatoms. The Hall–Kier alpha value is -1.91. The van der Waals surface area contributed by atoms with Crippen LogP contribution in [0.4, 0.5) is 10.1 Å². The van der Waals surface area contributed by atoms with Gasteiger partial charge < -0.3 is 15.5 Å². The second-order valence-electron chi connectivity index (χ2n) is 5.46. The molecule has 1 aliphatic heterocycles. The highest BCUT2D eigenvalue weighted by atomic mass is 127. The van der Waals surface area contributed by atoms with E-state index in [1.165, 1.54) is 12.1 Å². The molecule has 2 heterocycles. The van der Waals surface area contributed by atoms with E-state index in [2.05, 4.69) is 20.0 Å². The zero-order valence-corrected chi connectivity index (χ0v) is 15.8. The van der Waals surface area contributed by atoms with Gasteiger partial charge in [-0.3, -0.25) is 4.68 Å². The van der Waals surface area contributed by atoms with Crippen molar-refractivity contribution in [3.8, 4) is 0 Å². The molecule has 2 aromatic rings. The number of benzene rings is 1. The van der Waals surface area contributed by atoms with Gasteiger partial charge in [0.1, 0.15) is 18.7 Å². The van der Waals surface area contributed by atoms with Crippen LogP contribution in [0.3, 0.4) is 0 Å². The number of nitrogens with two attached hydrogens (primary N) is 1. The van der Waals surface area contributed by atoms with Crippen molar-refractivity contribution in [1.82, 2.24) is 19.7 Å². The Balaban J connectivity index is 0.00000208. The van der Waals surface area contributed by atoms with E-state index in [0.29, 0.717) is 18.3 Å². The first kappa shape index (κ1) is 18.4. The van der Waals surface area contributed by atoms with E-state index >= 15 is 0 Å². The molecule has 0 saturated carbocycles. The highest BCUT2D eigenvalue weighted by Gasteiger charge is 2.18. The molecule has 1 fully saturated rings. The first-order valence-corrected chi connectivity index (χ1v) is 7.52. The Labute approximate surface area is 157 Å². The van der Waals surface area contributed by atoms with Crippen molar-refractivity contribution in [2.24, 2.45) is 17.8 Å². The highest BCUT2D eigenvalue weighted by Crippen LogP contribution is 2.16. The van der Waals surface area contributed by atoms with Crippen LogP contribution < -0.4 is 10.6 Å². The summed E-state index contributed by atoms with van der Waals surface area (Å²) in [6.07, 6.45) is 1.64. The van der Waals surface area contributed by atoms with Gasteiger partial charge in [0.15, 0.2) is 11.8 Å². The van der Waals surface area contributed by atoms with E-state index in [-0.39, 0.29) is 29.8 Å². The standard InChI is InChI=1S/C15H20FN7.HI/c1-21-11-19-14(20-21)10-18-15(17)23-8-6-22(7-9-23)13-4-2-12(16)3-5-13;/h2-5,11H,6-10H2,1H3,(H2,17,18);1H. The van der Waals surface area contributed by atoms with Gasteiger partial charge in [-0.25, -0.2) is 14.4 Å². The third-order valence-corrected chi connectivity index (χ3v) is 3.82. The minimum atomic E-state index is -0.216. The lowest BCUT2D eigenvalue weighted by molar-refractivity contribution is 0.380. The topological polar surface area (TPSA) is 75.6 Å². The molecule has 1 aromatic heterocycles. The summed E-state index contributed by atoms with van der Waals surface area (Å²) in [6.45, 7) is 3.59. The van der Waals surface area contributed by atoms with Crippen LogP contribution in [0.2, 0.25) is 0 Å². The van der Waals surface area contributed by atoms with Crippen LogP contribution in [-0.4, -0.2) is 51.8 Å². The number of hydrogen-bond acceptors (Lipinski definition) is 4. The van der Waals surface area contributed by atoms with Gasteiger partial charge >= 0.3 is 0 Å². The van der Waals surface area contributed by atoms with Crippen molar-refractivity contribution in [2.45, 2.75) is 6.54 Å². The number of aromatic nitrogens is 3. The Kier molecular flexibility index (Phi) is 6.35. The van der Waals surface area contributed by atoms with Gasteiger partial charge in [-0.1, -0.05) is 0 Å². The minimum absolute atomic E-state index is 0. The summed E-state index contributed by atoms with van der Waals surface area (Å²) in [5.74, 6) is 0.948. The second kappa shape index (κ2) is 8.27. The molecule has 0 atom stereocenters. The number of hydrogen-bond donors (Lipinski definition) is 1. The van der Waals surface area contributed by atoms with Crippen LogP contribution in [0.25, 0.3) is 0 Å². The summed E-state index contributed by atoms with van der Waals surface area (Å²) in [7, 11) is 1.82. The van der Waals surface area contributed by atoms with E-state index < -0.39 is 0 Å². The van der Waals surface area contributed by atoms with Crippen LogP contribution >= 0.6 is 24.0 Å². The Morgan fingerprint density at radius 1 is 1.21 bits per heavy atom. The predicted molar refractivity (Wildman–Crippen MR) is 102 cm³/mol. The Morgan fingerprint density at radius 2 is 1.88 bits per heavy atom. The molecule has 0 amide bonds. The SMILES string of the molecule is Cn1cnc(CN=C(N)N2CCN(c3ccc(F)cc3)CC2)n1.I. The number of aliphatic imine (C=N–C) groups is 1. The van der Waals surface area contributed by atoms with Gasteiger partial charge in [0.2, 0.25) is 0 Å². The van der Waals surface area contributed by atoms with Gasteiger partial charge in [-0.2, -0.15) is 5.10 Å². The fraction of sp³-hybridized carbons (Fsp3) is 0.400. The minimum Gasteiger partial charge on any atom is -0.370 e. The summed E-state index contributed by atoms with van der Waals surface area (Å²) >= 11 is 0. The van der Waals surface area contributed by atoms with Crippen molar-refractivity contribution in [2.75, 3.05) is 31.1 Å². The summed E-state index contributed by atoms with van der Waals surface area (Å²) in [5, 5.41) is 4.17. The largest absolute Gasteiger partial charge is 0.370 e. The van der Waals surface area contributed by atoms with Crippen molar-refractivity contribution in [1.29, 1.82) is 0 Å². The fourth-order valence-corrected chi connectivity index (χ4v) is 2.55. The van der Waals surface area contributed by atoms with Crippen LogP contribution in [0, 0.1) is 5.82 Å². The Morgan fingerprint density at radius 3 is 2.46 bits per heavy atom. The average Bonchev–Trinajstić information content (AvgIpc) is 2.99. The molecule has 7 nitrogen and oxygen atoms in total. The molecule has 0 spiro atoms. The van der Waals surface area contributed by atoms with Gasteiger partial charge in [-0.15, -0.1) is 24.0 Å². The number of nitrogens with zero attached hydrogens (tertiary/aromatic N) is 6. The normalized spacial score (nSPS) is 15.3. The van der Waals surface area contributed by atoms with Crippen LogP contribution in [-0.2, 0) is 13.6 Å². The zero-order chi connectivity index (χ0) is 16.2. The van der Waals surface area contributed by atoms with Crippen molar-refractivity contribution >= 4 is 35.6 Å². The van der Waals surface area contributed by atoms with Crippen LogP contribution in [0.15, 0.2) is 35.6 Å². The third-order valence-electron chi connectivity index (χ3n) is 3.82. The smallest absolute Gasteiger partial charge is 0.191 e. The van der Waals surface area contributed by atoms with E-state index in [4.69, 9.17) is 5.73 Å². The first-order valence-electron chi connectivity index (χ1n) is 7.52. The molecule has 1 saturated heterocycles. The lowest BCUT2D eigenvalue weighted by atomic mass is 10.2. The molecule has 0 unspecified atom stereocenters. The van der Waals surface area contributed by atoms with E-state index in [1.54, 1.807) is 23.1 Å². The molecule has 0 radical (unpaired) electrons. The monoisotopic (exact) mass is 445 g/mol. The number of halogens is 2. The van der Waals surface area contributed by atoms with Gasteiger partial charge in [-0.05, 0) is 24.3 Å². The fourth-order valence-electron chi connectivity index (χ4n) is 2.55. The molecule has 0 bridgehead atoms. The molecular weight excluding hydrogens is 424 g/mol. The number of guanidine groups is 1. The van der Waals surface area contributed by atoms with Crippen LogP contribution in [0.5, 0.6) is 0 Å². The maximum Gasteiger partial charge on any atom is 0.191 e. The van der Waals surface area contributed by atoms with E-state index in [9.17, 15) is 4.39 Å². The second-order valence-corrected chi connectivity index (χ2v) is 5.46. The summed E-state index contributed by atoms with van der Waals surface area (Å²) < 4.78 is 14.6. The molecular formula is C15H21FIN7. The van der Waals surface area contributed by atoms with E-state index in [0.717, 1.165) is 31.9 Å². The summed E-state index contributed by atoms with van der Waals surface area (Å²) in [6, 6.07) is 6.57. The maximum atomic E-state index is 13.0. The quantitative estimate of drug-likeness (QED) is 0.437. The lowest BCUT2D eigenvalue weighted by Crippen LogP contribution is -2.51. The molecule has 0 aliphatic carbocycles. The number of piperazine rings is 1. The molecule has 1 aromatic carbocycles. The molecule has 130 valence electrons. The number of rotatable bonds is 3. The third kappa shape index (κ3) is 4.56. The van der Waals surface area contributed by atoms with Gasteiger partial charge in [0, 0.05) is 38.9 Å². The lowest BCUT2D eigenvalue weighted by Gasteiger charge is -2.36. The zero-order valence-electron chi connectivity index (χ0n) is 13.5. The van der Waals surface area contributed by atoms with Crippen molar-refractivity contribution < 1.29 is 4.39 Å². The highest BCUT2D eigenvalue weighted by molar-refractivity contribution is 14.0. The maximum absolute atomic E-state index is 13.0. The Bertz CT molecular complexity index is 677. The summed E-state index contributed by atoms with van der Waals surface area (Å²) in [4.78, 5) is 12.7. The predicted octanol–water partition coefficient (Wildman–Crippen LogP) is 1.21. The molecule has 24 heavy (non-hydrogen) atoms. The van der Waals surface area contributed by atoms with Crippen molar-refractivity contribution in [3.63, 3.8) is 0 Å². The summed E-state index contributed by atoms with van der Waals surface area (Å²) in [5.41, 5.74) is 7.08.